The van der Waals surface area contributed by atoms with Crippen molar-refractivity contribution in [3.05, 3.63) is 108 Å². The highest BCUT2D eigenvalue weighted by molar-refractivity contribution is 6.06. The van der Waals surface area contributed by atoms with Crippen molar-refractivity contribution in [3.63, 3.8) is 0 Å². The van der Waals surface area contributed by atoms with E-state index in [9.17, 15) is 9.59 Å². The average molecular weight is 467 g/mol. The van der Waals surface area contributed by atoms with Gasteiger partial charge in [0, 0.05) is 48.0 Å². The number of benzene rings is 4. The maximum Gasteiger partial charge on any atom is 0.258 e. The van der Waals surface area contributed by atoms with E-state index in [2.05, 4.69) is 0 Å². The zero-order valence-electron chi connectivity index (χ0n) is 19.5. The number of carbonyl (C=O) groups excluding carboxylic acids is 2. The summed E-state index contributed by atoms with van der Waals surface area (Å²) in [5, 5.41) is 0. The first-order chi connectivity index (χ1) is 16.8. The number of hydrogen-bond acceptors (Lipinski definition) is 5. The Kier molecular flexibility index (Phi) is 6.69. The lowest BCUT2D eigenvalue weighted by Crippen LogP contribution is -2.26. The molecule has 0 aromatic heterocycles. The van der Waals surface area contributed by atoms with E-state index in [1.54, 1.807) is 96.7 Å². The molecule has 0 bridgehead atoms. The van der Waals surface area contributed by atoms with Gasteiger partial charge in [-0.3, -0.25) is 9.59 Å². The lowest BCUT2D eigenvalue weighted by Gasteiger charge is -2.19. The van der Waals surface area contributed by atoms with Gasteiger partial charge in [-0.2, -0.15) is 0 Å². The standard InChI is InChI=1S/C28H26N4O3/c1-31(27(33)19-3-7-21(29)8-4-19)23-11-15-25(16-12-23)35-26-17-13-24(14-18-26)32(2)28(34)20-5-9-22(30)10-6-20/h3-18H,29-30H2,1-2H3. The zero-order chi connectivity index (χ0) is 24.9. The zero-order valence-corrected chi connectivity index (χ0v) is 19.5. The van der Waals surface area contributed by atoms with E-state index >= 15 is 0 Å². The fourth-order valence-electron chi connectivity index (χ4n) is 3.48. The minimum absolute atomic E-state index is 0.133. The van der Waals surface area contributed by atoms with Gasteiger partial charge in [0.15, 0.2) is 0 Å². The van der Waals surface area contributed by atoms with Crippen molar-refractivity contribution in [2.24, 2.45) is 0 Å². The number of nitrogens with zero attached hydrogens (tertiary/aromatic N) is 2. The van der Waals surface area contributed by atoms with Crippen molar-refractivity contribution in [2.75, 3.05) is 35.4 Å². The lowest BCUT2D eigenvalue weighted by atomic mass is 10.1. The van der Waals surface area contributed by atoms with Crippen molar-refractivity contribution in [3.8, 4) is 11.5 Å². The maximum absolute atomic E-state index is 12.7. The number of ether oxygens (including phenoxy) is 1. The van der Waals surface area contributed by atoms with Crippen LogP contribution >= 0.6 is 0 Å². The van der Waals surface area contributed by atoms with E-state index in [-0.39, 0.29) is 11.8 Å². The summed E-state index contributed by atoms with van der Waals surface area (Å²) in [5.74, 6) is 0.987. The molecule has 0 heterocycles. The minimum atomic E-state index is -0.133. The molecule has 0 saturated carbocycles. The largest absolute Gasteiger partial charge is 0.457 e. The van der Waals surface area contributed by atoms with Crippen LogP contribution in [-0.4, -0.2) is 25.9 Å². The molecule has 0 unspecified atom stereocenters. The summed E-state index contributed by atoms with van der Waals surface area (Å²) in [6.45, 7) is 0. The molecule has 176 valence electrons. The number of anilines is 4. The molecule has 0 aliphatic carbocycles. The fraction of sp³-hybridized carbons (Fsp3) is 0.0714. The Morgan fingerprint density at radius 2 is 0.857 bits per heavy atom. The van der Waals surface area contributed by atoms with Crippen LogP contribution in [0.5, 0.6) is 11.5 Å². The first-order valence-electron chi connectivity index (χ1n) is 11.0. The molecule has 0 spiro atoms. The summed E-state index contributed by atoms with van der Waals surface area (Å²) >= 11 is 0. The topological polar surface area (TPSA) is 102 Å². The van der Waals surface area contributed by atoms with E-state index in [4.69, 9.17) is 16.2 Å². The molecule has 0 fully saturated rings. The molecular weight excluding hydrogens is 440 g/mol. The quantitative estimate of drug-likeness (QED) is 0.381. The summed E-state index contributed by atoms with van der Waals surface area (Å²) in [5.41, 5.74) is 15.2. The highest BCUT2D eigenvalue weighted by atomic mass is 16.5. The molecule has 7 heteroatoms. The van der Waals surface area contributed by atoms with Crippen LogP contribution in [0.1, 0.15) is 20.7 Å². The molecule has 4 N–H and O–H groups in total. The first-order valence-corrected chi connectivity index (χ1v) is 11.0. The number of carbonyl (C=O) groups is 2. The van der Waals surface area contributed by atoms with Crippen LogP contribution in [0.3, 0.4) is 0 Å². The van der Waals surface area contributed by atoms with Crippen molar-refractivity contribution in [2.45, 2.75) is 0 Å². The summed E-state index contributed by atoms with van der Waals surface area (Å²) in [7, 11) is 3.44. The molecule has 2 amide bonds. The van der Waals surface area contributed by atoms with Gasteiger partial charge in [-0.1, -0.05) is 0 Å². The number of amides is 2. The second-order valence-electron chi connectivity index (χ2n) is 8.06. The van der Waals surface area contributed by atoms with E-state index < -0.39 is 0 Å². The smallest absolute Gasteiger partial charge is 0.258 e. The van der Waals surface area contributed by atoms with Crippen molar-refractivity contribution in [1.82, 2.24) is 0 Å². The first kappa shape index (κ1) is 23.4. The van der Waals surface area contributed by atoms with E-state index in [0.717, 1.165) is 11.4 Å². The van der Waals surface area contributed by atoms with Crippen LogP contribution in [0.25, 0.3) is 0 Å². The summed E-state index contributed by atoms with van der Waals surface area (Å²) < 4.78 is 5.93. The van der Waals surface area contributed by atoms with Gasteiger partial charge in [0.2, 0.25) is 0 Å². The fourth-order valence-corrected chi connectivity index (χ4v) is 3.48. The van der Waals surface area contributed by atoms with Gasteiger partial charge in [-0.05, 0) is 97.1 Å². The number of nitrogens with two attached hydrogens (primary N) is 2. The Bertz CT molecular complexity index is 1210. The van der Waals surface area contributed by atoms with Crippen LogP contribution in [0.4, 0.5) is 22.7 Å². The van der Waals surface area contributed by atoms with E-state index in [1.807, 2.05) is 24.3 Å². The molecule has 0 radical (unpaired) electrons. The average Bonchev–Trinajstić information content (AvgIpc) is 2.89. The number of rotatable bonds is 6. The van der Waals surface area contributed by atoms with Crippen LogP contribution < -0.4 is 26.0 Å². The number of nitrogen functional groups attached to an aromatic ring is 2. The molecule has 0 aliphatic rings. The van der Waals surface area contributed by atoms with Crippen LogP contribution in [0.2, 0.25) is 0 Å². The SMILES string of the molecule is CN(C(=O)c1ccc(N)cc1)c1ccc(Oc2ccc(N(C)C(=O)c3ccc(N)cc3)cc2)cc1. The molecule has 0 atom stereocenters. The molecule has 7 nitrogen and oxygen atoms in total. The summed E-state index contributed by atoms with van der Waals surface area (Å²) in [6.07, 6.45) is 0. The van der Waals surface area contributed by atoms with Gasteiger partial charge >= 0.3 is 0 Å². The Labute approximate surface area is 204 Å². The Morgan fingerprint density at radius 1 is 0.543 bits per heavy atom. The highest BCUT2D eigenvalue weighted by Gasteiger charge is 2.15. The Balaban J connectivity index is 1.39. The van der Waals surface area contributed by atoms with Crippen LogP contribution in [-0.2, 0) is 0 Å². The number of hydrogen-bond donors (Lipinski definition) is 2. The molecule has 4 rings (SSSR count). The van der Waals surface area contributed by atoms with Gasteiger partial charge in [0.1, 0.15) is 11.5 Å². The van der Waals surface area contributed by atoms with Gasteiger partial charge in [-0.25, -0.2) is 0 Å². The third kappa shape index (κ3) is 5.42. The molecule has 0 saturated heterocycles. The van der Waals surface area contributed by atoms with Crippen molar-refractivity contribution < 1.29 is 14.3 Å². The van der Waals surface area contributed by atoms with Crippen LogP contribution in [0, 0.1) is 0 Å². The lowest BCUT2D eigenvalue weighted by molar-refractivity contribution is 0.0985. The monoisotopic (exact) mass is 466 g/mol. The third-order valence-electron chi connectivity index (χ3n) is 5.61. The van der Waals surface area contributed by atoms with Gasteiger partial charge < -0.3 is 26.0 Å². The third-order valence-corrected chi connectivity index (χ3v) is 5.61. The highest BCUT2D eigenvalue weighted by Crippen LogP contribution is 2.27. The predicted molar refractivity (Wildman–Crippen MR) is 140 cm³/mol. The molecule has 4 aromatic carbocycles. The van der Waals surface area contributed by atoms with Crippen molar-refractivity contribution in [1.29, 1.82) is 0 Å². The molecule has 35 heavy (non-hydrogen) atoms. The maximum atomic E-state index is 12.7. The molecular formula is C28H26N4O3. The van der Waals surface area contributed by atoms with E-state index in [1.165, 1.54) is 0 Å². The summed E-state index contributed by atoms with van der Waals surface area (Å²) in [4.78, 5) is 28.5. The van der Waals surface area contributed by atoms with Gasteiger partial charge in [0.05, 0.1) is 0 Å². The second-order valence-corrected chi connectivity index (χ2v) is 8.06. The van der Waals surface area contributed by atoms with Crippen LogP contribution in [0.15, 0.2) is 97.1 Å². The Hall–Kier alpha value is -4.78. The predicted octanol–water partition coefficient (Wildman–Crippen LogP) is 5.20. The summed E-state index contributed by atoms with van der Waals surface area (Å²) in [6, 6.07) is 28.1. The van der Waals surface area contributed by atoms with E-state index in [0.29, 0.717) is 34.0 Å². The molecule has 4 aromatic rings. The van der Waals surface area contributed by atoms with Crippen molar-refractivity contribution >= 4 is 34.6 Å². The second kappa shape index (κ2) is 10.0. The van der Waals surface area contributed by atoms with Gasteiger partial charge in [0.25, 0.3) is 11.8 Å². The normalized spacial score (nSPS) is 10.5. The minimum Gasteiger partial charge on any atom is -0.457 e. The molecule has 0 aliphatic heterocycles. The van der Waals surface area contributed by atoms with Gasteiger partial charge in [-0.15, -0.1) is 0 Å². The Morgan fingerprint density at radius 3 is 1.17 bits per heavy atom.